The lowest BCUT2D eigenvalue weighted by molar-refractivity contribution is 0.0974. The Morgan fingerprint density at radius 1 is 0.828 bits per heavy atom. The van der Waals surface area contributed by atoms with Crippen LogP contribution in [-0.2, 0) is 26.1 Å². The molecule has 10 heteroatoms. The summed E-state index contributed by atoms with van der Waals surface area (Å²) in [4.78, 5) is 36.1. The van der Waals surface area contributed by atoms with E-state index in [1.54, 1.807) is 31.3 Å². The number of benzene rings is 5. The molecule has 2 aliphatic carbocycles. The van der Waals surface area contributed by atoms with Gasteiger partial charge in [0.1, 0.15) is 13.2 Å². The maximum Gasteiger partial charge on any atom is 0.261 e. The Balaban J connectivity index is 0.901. The molecule has 0 aromatic heterocycles. The van der Waals surface area contributed by atoms with Gasteiger partial charge in [0, 0.05) is 36.5 Å². The SMILES string of the molecule is C=Nc1cc(OCc2cc(COc3cc4c(cc3OC)C(=O)N3c5ccccc5CC35C[C@H]5N4)cc(C3CCCC3)c2)c(OC)cc1C(=O)N1CCc2ccccc21. The highest BCUT2D eigenvalue weighted by atomic mass is 16.5. The number of rotatable bonds is 11. The van der Waals surface area contributed by atoms with Crippen molar-refractivity contribution in [2.24, 2.45) is 4.99 Å². The minimum absolute atomic E-state index is 0.0163. The van der Waals surface area contributed by atoms with Gasteiger partial charge in [0.2, 0.25) is 0 Å². The average molecular weight is 775 g/mol. The summed E-state index contributed by atoms with van der Waals surface area (Å²) in [5.41, 5.74) is 9.51. The van der Waals surface area contributed by atoms with Crippen molar-refractivity contribution in [2.45, 2.75) is 75.7 Å². The number of fused-ring (bicyclic) bond motifs is 4. The third-order valence-electron chi connectivity index (χ3n) is 12.8. The lowest BCUT2D eigenvalue weighted by Gasteiger charge is -2.25. The van der Waals surface area contributed by atoms with Gasteiger partial charge in [-0.1, -0.05) is 61.4 Å². The van der Waals surface area contributed by atoms with Gasteiger partial charge in [0.05, 0.1) is 48.3 Å². The molecular weight excluding hydrogens is 729 g/mol. The fourth-order valence-electron chi connectivity index (χ4n) is 9.79. The summed E-state index contributed by atoms with van der Waals surface area (Å²) >= 11 is 0. The highest BCUT2D eigenvalue weighted by Crippen LogP contribution is 2.57. The van der Waals surface area contributed by atoms with Crippen molar-refractivity contribution < 1.29 is 28.5 Å². The van der Waals surface area contributed by atoms with Gasteiger partial charge in [-0.05, 0) is 96.5 Å². The third-order valence-corrected chi connectivity index (χ3v) is 12.8. The van der Waals surface area contributed by atoms with Gasteiger partial charge in [-0.3, -0.25) is 19.5 Å². The number of methoxy groups -OCH3 is 2. The van der Waals surface area contributed by atoms with E-state index >= 15 is 0 Å². The number of aliphatic imine (C=N–C) groups is 1. The summed E-state index contributed by atoms with van der Waals surface area (Å²) in [5.74, 6) is 2.31. The zero-order chi connectivity index (χ0) is 39.5. The number of hydrogen-bond donors (Lipinski definition) is 1. The van der Waals surface area contributed by atoms with Crippen LogP contribution in [0.1, 0.15) is 86.6 Å². The van der Waals surface area contributed by atoms with E-state index in [1.807, 2.05) is 47.4 Å². The number of para-hydroxylation sites is 2. The monoisotopic (exact) mass is 774 g/mol. The molecule has 10 rings (SSSR count). The smallest absolute Gasteiger partial charge is 0.261 e. The number of carbonyl (C=O) groups is 2. The van der Waals surface area contributed by atoms with Gasteiger partial charge in [-0.2, -0.15) is 0 Å². The Hall–Kier alpha value is -6.29. The maximum absolute atomic E-state index is 14.2. The maximum atomic E-state index is 14.2. The Bertz CT molecular complexity index is 2490. The molecule has 58 heavy (non-hydrogen) atoms. The number of nitrogens with zero attached hydrogens (tertiary/aromatic N) is 3. The molecule has 1 spiro atoms. The normalized spacial score (nSPS) is 19.9. The molecule has 1 unspecified atom stereocenters. The second kappa shape index (κ2) is 14.3. The first-order chi connectivity index (χ1) is 28.4. The quantitative estimate of drug-likeness (QED) is 0.134. The summed E-state index contributed by atoms with van der Waals surface area (Å²) in [7, 11) is 3.19. The molecule has 2 saturated carbocycles. The van der Waals surface area contributed by atoms with Gasteiger partial charge in [-0.25, -0.2) is 0 Å². The summed E-state index contributed by atoms with van der Waals surface area (Å²) in [6, 6.07) is 30.1. The van der Waals surface area contributed by atoms with Gasteiger partial charge in [0.25, 0.3) is 11.8 Å². The van der Waals surface area contributed by atoms with Crippen molar-refractivity contribution in [1.82, 2.24) is 0 Å². The number of anilines is 3. The van der Waals surface area contributed by atoms with Gasteiger partial charge < -0.3 is 29.2 Å². The number of hydrogen-bond acceptors (Lipinski definition) is 8. The molecule has 3 heterocycles. The van der Waals surface area contributed by atoms with Crippen LogP contribution in [-0.4, -0.2) is 50.9 Å². The van der Waals surface area contributed by atoms with Gasteiger partial charge in [-0.15, -0.1) is 0 Å². The largest absolute Gasteiger partial charge is 0.493 e. The van der Waals surface area contributed by atoms with Crippen molar-refractivity contribution in [3.63, 3.8) is 0 Å². The fraction of sp³-hybridized carbons (Fsp3) is 0.312. The summed E-state index contributed by atoms with van der Waals surface area (Å²) in [6.45, 7) is 4.95. The van der Waals surface area contributed by atoms with E-state index in [4.69, 9.17) is 18.9 Å². The molecule has 3 aliphatic heterocycles. The van der Waals surface area contributed by atoms with Crippen molar-refractivity contribution >= 4 is 41.3 Å². The fourth-order valence-corrected chi connectivity index (χ4v) is 9.79. The summed E-state index contributed by atoms with van der Waals surface area (Å²) in [6.07, 6.45) is 7.27. The zero-order valence-corrected chi connectivity index (χ0v) is 32.9. The van der Waals surface area contributed by atoms with E-state index in [9.17, 15) is 9.59 Å². The second-order valence-electron chi connectivity index (χ2n) is 16.2. The lowest BCUT2D eigenvalue weighted by Crippen LogP contribution is -2.41. The highest BCUT2D eigenvalue weighted by Gasteiger charge is 2.65. The van der Waals surface area contributed by atoms with Gasteiger partial charge in [0.15, 0.2) is 23.0 Å². The van der Waals surface area contributed by atoms with Crippen molar-refractivity contribution in [3.05, 3.63) is 130 Å². The molecule has 0 radical (unpaired) electrons. The van der Waals surface area contributed by atoms with Crippen molar-refractivity contribution in [3.8, 4) is 23.0 Å². The average Bonchev–Trinajstić information content (AvgIpc) is 3.65. The summed E-state index contributed by atoms with van der Waals surface area (Å²) in [5, 5.41) is 3.69. The van der Waals surface area contributed by atoms with E-state index < -0.39 is 0 Å². The van der Waals surface area contributed by atoms with E-state index in [0.29, 0.717) is 58.9 Å². The Labute approximate surface area is 338 Å². The van der Waals surface area contributed by atoms with Crippen molar-refractivity contribution in [1.29, 1.82) is 0 Å². The van der Waals surface area contributed by atoms with Crippen LogP contribution in [0.3, 0.4) is 0 Å². The topological polar surface area (TPSA) is 102 Å². The molecule has 5 aromatic rings. The zero-order valence-electron chi connectivity index (χ0n) is 32.9. The molecule has 0 bridgehead atoms. The molecule has 2 atom stereocenters. The van der Waals surface area contributed by atoms with Gasteiger partial charge >= 0.3 is 0 Å². The Kier molecular flexibility index (Phi) is 8.88. The predicted octanol–water partition coefficient (Wildman–Crippen LogP) is 9.19. The van der Waals surface area contributed by atoms with Crippen LogP contribution in [0.4, 0.5) is 22.7 Å². The first-order valence-corrected chi connectivity index (χ1v) is 20.3. The van der Waals surface area contributed by atoms with Crippen LogP contribution in [0, 0.1) is 0 Å². The molecule has 1 N–H and O–H groups in total. The van der Waals surface area contributed by atoms with Crippen LogP contribution in [0.15, 0.2) is 96.0 Å². The Morgan fingerprint density at radius 2 is 1.50 bits per heavy atom. The van der Waals surface area contributed by atoms with Crippen LogP contribution >= 0.6 is 0 Å². The molecule has 5 aromatic carbocycles. The van der Waals surface area contributed by atoms with E-state index in [1.165, 1.54) is 24.0 Å². The van der Waals surface area contributed by atoms with E-state index in [-0.39, 0.29) is 30.0 Å². The molecular formula is C48H46N4O6. The van der Waals surface area contributed by atoms with Crippen molar-refractivity contribution in [2.75, 3.05) is 35.9 Å². The minimum Gasteiger partial charge on any atom is -0.493 e. The molecule has 2 amide bonds. The first-order valence-electron chi connectivity index (χ1n) is 20.3. The molecule has 0 saturated heterocycles. The molecule has 2 fully saturated rings. The summed E-state index contributed by atoms with van der Waals surface area (Å²) < 4.78 is 24.6. The predicted molar refractivity (Wildman–Crippen MR) is 225 cm³/mol. The standard InChI is InChI=1S/C48H46N4O6/c1-49-37-23-43(41(55-2)21-35(37)46(53)51-17-16-32-12-6-8-14-39(32)51)57-27-29-18-30(20-34(19-29)31-10-4-5-11-31)28-58-44-24-38-36(22-42(44)56-3)47(54)52-40-15-9-7-13-33(40)25-48(52)26-45(48)50-38/h6-9,12-15,18-24,31,45,50H,1,4-5,10-11,16-17,25-28H2,2-3H3/t45-,48?/m1/s1. The van der Waals surface area contributed by atoms with E-state index in [0.717, 1.165) is 65.9 Å². The number of nitrogens with one attached hydrogen (secondary N) is 1. The lowest BCUT2D eigenvalue weighted by atomic mass is 9.94. The molecule has 294 valence electrons. The molecule has 10 nitrogen and oxygen atoms in total. The van der Waals surface area contributed by atoms with Crippen LogP contribution in [0.25, 0.3) is 0 Å². The van der Waals surface area contributed by atoms with Crippen LogP contribution < -0.4 is 34.1 Å². The second-order valence-corrected chi connectivity index (χ2v) is 16.2. The first kappa shape index (κ1) is 36.1. The number of carbonyl (C=O) groups excluding carboxylic acids is 2. The number of ether oxygens (including phenoxy) is 4. The minimum atomic E-state index is -0.235. The van der Waals surface area contributed by atoms with Crippen LogP contribution in [0.5, 0.6) is 23.0 Å². The number of amides is 2. The highest BCUT2D eigenvalue weighted by molar-refractivity contribution is 6.14. The molecule has 5 aliphatic rings. The third kappa shape index (κ3) is 6.04. The Morgan fingerprint density at radius 3 is 2.22 bits per heavy atom. The van der Waals surface area contributed by atoms with E-state index in [2.05, 4.69) is 53.4 Å². The van der Waals surface area contributed by atoms with Crippen LogP contribution in [0.2, 0.25) is 0 Å².